The molecule has 168 valence electrons. The van der Waals surface area contributed by atoms with Crippen LogP contribution in [-0.4, -0.2) is 18.9 Å². The van der Waals surface area contributed by atoms with E-state index in [4.69, 9.17) is 11.6 Å². The molecule has 0 radical (unpaired) electrons. The van der Waals surface area contributed by atoms with Crippen molar-refractivity contribution >= 4 is 43.9 Å². The molecule has 0 unspecified atom stereocenters. The van der Waals surface area contributed by atoms with Crippen molar-refractivity contribution < 1.29 is 17.6 Å². The SMILES string of the molecule is Cc1ccccc1NC(=O)Cn1cc(S(=O)(=O)c2ccc(F)cc2)c(=O)c2cc(Cl)ccc21. The van der Waals surface area contributed by atoms with Crippen molar-refractivity contribution in [1.82, 2.24) is 4.57 Å². The van der Waals surface area contributed by atoms with Crippen molar-refractivity contribution in [2.24, 2.45) is 0 Å². The van der Waals surface area contributed by atoms with Crippen LogP contribution < -0.4 is 10.7 Å². The molecule has 0 saturated heterocycles. The Kier molecular flexibility index (Phi) is 6.05. The zero-order valence-electron chi connectivity index (χ0n) is 17.4. The first-order valence-electron chi connectivity index (χ1n) is 9.85. The number of carbonyl (C=O) groups excluding carboxylic acids is 1. The van der Waals surface area contributed by atoms with Crippen LogP contribution in [0.3, 0.4) is 0 Å². The number of sulfone groups is 1. The number of benzene rings is 3. The number of amides is 1. The lowest BCUT2D eigenvalue weighted by atomic mass is 10.2. The predicted octanol–water partition coefficient (Wildman–Crippen LogP) is 4.57. The summed E-state index contributed by atoms with van der Waals surface area (Å²) in [4.78, 5) is 25.1. The van der Waals surface area contributed by atoms with Crippen molar-refractivity contribution in [1.29, 1.82) is 0 Å². The number of nitrogens with zero attached hydrogens (tertiary/aromatic N) is 1. The van der Waals surface area contributed by atoms with E-state index in [-0.39, 0.29) is 21.8 Å². The highest BCUT2D eigenvalue weighted by molar-refractivity contribution is 7.91. The van der Waals surface area contributed by atoms with E-state index in [0.29, 0.717) is 11.2 Å². The van der Waals surface area contributed by atoms with Gasteiger partial charge in [0.25, 0.3) is 0 Å². The molecule has 3 aromatic carbocycles. The van der Waals surface area contributed by atoms with Crippen LogP contribution in [0.2, 0.25) is 5.02 Å². The number of pyridine rings is 1. The number of carbonyl (C=O) groups is 1. The molecule has 0 fully saturated rings. The summed E-state index contributed by atoms with van der Waals surface area (Å²) in [6.45, 7) is 1.60. The highest BCUT2D eigenvalue weighted by Crippen LogP contribution is 2.24. The van der Waals surface area contributed by atoms with Gasteiger partial charge < -0.3 is 9.88 Å². The van der Waals surface area contributed by atoms with Crippen LogP contribution in [0.1, 0.15) is 5.56 Å². The van der Waals surface area contributed by atoms with Gasteiger partial charge in [0, 0.05) is 22.3 Å². The molecule has 4 aromatic rings. The Bertz CT molecular complexity index is 1550. The quantitative estimate of drug-likeness (QED) is 0.420. The summed E-state index contributed by atoms with van der Waals surface area (Å²) in [5.41, 5.74) is 1.08. The maximum atomic E-state index is 13.3. The van der Waals surface area contributed by atoms with Gasteiger partial charge in [0.1, 0.15) is 17.3 Å². The van der Waals surface area contributed by atoms with Gasteiger partial charge in [-0.1, -0.05) is 29.8 Å². The summed E-state index contributed by atoms with van der Waals surface area (Å²) in [5, 5.41) is 3.08. The van der Waals surface area contributed by atoms with Crippen molar-refractivity contribution in [2.45, 2.75) is 23.3 Å². The van der Waals surface area contributed by atoms with Crippen LogP contribution in [0, 0.1) is 12.7 Å². The van der Waals surface area contributed by atoms with Crippen molar-refractivity contribution in [3.8, 4) is 0 Å². The summed E-state index contributed by atoms with van der Waals surface area (Å²) in [6, 6.07) is 15.9. The second kappa shape index (κ2) is 8.80. The molecule has 6 nitrogen and oxygen atoms in total. The molecular formula is C24H18ClFN2O4S. The third kappa shape index (κ3) is 4.53. The highest BCUT2D eigenvalue weighted by atomic mass is 35.5. The molecular weight excluding hydrogens is 467 g/mol. The third-order valence-electron chi connectivity index (χ3n) is 5.16. The monoisotopic (exact) mass is 484 g/mol. The van der Waals surface area contributed by atoms with Gasteiger partial charge in [-0.25, -0.2) is 12.8 Å². The van der Waals surface area contributed by atoms with E-state index in [9.17, 15) is 22.4 Å². The number of aryl methyl sites for hydroxylation is 1. The highest BCUT2D eigenvalue weighted by Gasteiger charge is 2.24. The Balaban J connectivity index is 1.83. The Hall–Kier alpha value is -3.49. The van der Waals surface area contributed by atoms with Crippen LogP contribution >= 0.6 is 11.6 Å². The molecule has 0 spiro atoms. The third-order valence-corrected chi connectivity index (χ3v) is 7.15. The molecule has 0 bridgehead atoms. The van der Waals surface area contributed by atoms with Gasteiger partial charge in [0.05, 0.1) is 10.4 Å². The summed E-state index contributed by atoms with van der Waals surface area (Å²) < 4.78 is 41.1. The normalized spacial score (nSPS) is 11.5. The molecule has 0 atom stereocenters. The van der Waals surface area contributed by atoms with Crippen LogP contribution in [0.4, 0.5) is 10.1 Å². The average molecular weight is 485 g/mol. The average Bonchev–Trinajstić information content (AvgIpc) is 2.77. The van der Waals surface area contributed by atoms with Crippen molar-refractivity contribution in [3.63, 3.8) is 0 Å². The molecule has 1 N–H and O–H groups in total. The number of halogens is 2. The predicted molar refractivity (Wildman–Crippen MR) is 125 cm³/mol. The van der Waals surface area contributed by atoms with E-state index in [2.05, 4.69) is 5.32 Å². The van der Waals surface area contributed by atoms with Crippen LogP contribution in [-0.2, 0) is 21.2 Å². The topological polar surface area (TPSA) is 85.2 Å². The number of hydrogen-bond donors (Lipinski definition) is 1. The summed E-state index contributed by atoms with van der Waals surface area (Å²) in [5.74, 6) is -1.01. The van der Waals surface area contributed by atoms with E-state index in [1.807, 2.05) is 19.1 Å². The molecule has 0 saturated carbocycles. The molecule has 9 heteroatoms. The zero-order valence-corrected chi connectivity index (χ0v) is 19.0. The number of rotatable bonds is 5. The molecule has 1 aromatic heterocycles. The standard InChI is InChI=1S/C24H18ClFN2O4S/c1-15-4-2-3-5-20(15)27-23(29)14-28-13-22(24(30)19-12-16(25)6-11-21(19)28)33(31,32)18-9-7-17(26)8-10-18/h2-13H,14H2,1H3,(H,27,29). The van der Waals surface area contributed by atoms with Gasteiger partial charge in [-0.15, -0.1) is 0 Å². The number of fused-ring (bicyclic) bond motifs is 1. The minimum absolute atomic E-state index is 0.0504. The maximum Gasteiger partial charge on any atom is 0.244 e. The molecule has 0 aliphatic heterocycles. The Morgan fingerprint density at radius 1 is 1.06 bits per heavy atom. The molecule has 4 rings (SSSR count). The fourth-order valence-electron chi connectivity index (χ4n) is 3.46. The number of para-hydroxylation sites is 1. The largest absolute Gasteiger partial charge is 0.336 e. The number of anilines is 1. The van der Waals surface area contributed by atoms with E-state index in [1.165, 1.54) is 10.6 Å². The summed E-state index contributed by atoms with van der Waals surface area (Å²) >= 11 is 6.06. The van der Waals surface area contributed by atoms with Crippen LogP contribution in [0.5, 0.6) is 0 Å². The first-order valence-corrected chi connectivity index (χ1v) is 11.7. The number of hydrogen-bond acceptors (Lipinski definition) is 4. The first-order chi connectivity index (χ1) is 15.7. The lowest BCUT2D eigenvalue weighted by molar-refractivity contribution is -0.116. The van der Waals surface area contributed by atoms with E-state index in [1.54, 1.807) is 24.3 Å². The van der Waals surface area contributed by atoms with E-state index < -0.39 is 31.9 Å². The molecule has 1 heterocycles. The number of nitrogens with one attached hydrogen (secondary N) is 1. The van der Waals surface area contributed by atoms with Gasteiger partial charge in [0.15, 0.2) is 0 Å². The maximum absolute atomic E-state index is 13.3. The minimum Gasteiger partial charge on any atom is -0.336 e. The number of aromatic nitrogens is 1. The minimum atomic E-state index is -4.29. The van der Waals surface area contributed by atoms with E-state index >= 15 is 0 Å². The van der Waals surface area contributed by atoms with Gasteiger partial charge in [-0.2, -0.15) is 0 Å². The Morgan fingerprint density at radius 2 is 1.76 bits per heavy atom. The molecule has 1 amide bonds. The lowest BCUT2D eigenvalue weighted by Crippen LogP contribution is -2.24. The van der Waals surface area contributed by atoms with Gasteiger partial charge in [-0.3, -0.25) is 9.59 Å². The van der Waals surface area contributed by atoms with Crippen LogP contribution in [0.25, 0.3) is 10.9 Å². The Morgan fingerprint density at radius 3 is 2.45 bits per heavy atom. The fourth-order valence-corrected chi connectivity index (χ4v) is 5.00. The smallest absolute Gasteiger partial charge is 0.244 e. The molecule has 33 heavy (non-hydrogen) atoms. The van der Waals surface area contributed by atoms with Crippen LogP contribution in [0.15, 0.2) is 87.5 Å². The lowest BCUT2D eigenvalue weighted by Gasteiger charge is -2.15. The van der Waals surface area contributed by atoms with Gasteiger partial charge >= 0.3 is 0 Å². The molecule has 0 aliphatic rings. The Labute approximate surface area is 194 Å². The van der Waals surface area contributed by atoms with E-state index in [0.717, 1.165) is 36.0 Å². The second-order valence-electron chi connectivity index (χ2n) is 7.43. The van der Waals surface area contributed by atoms with Gasteiger partial charge in [0.2, 0.25) is 21.2 Å². The first kappa shape index (κ1) is 22.7. The molecule has 0 aliphatic carbocycles. The van der Waals surface area contributed by atoms with Crippen molar-refractivity contribution in [3.05, 3.63) is 99.6 Å². The van der Waals surface area contributed by atoms with Gasteiger partial charge in [-0.05, 0) is 61.0 Å². The summed E-state index contributed by atoms with van der Waals surface area (Å²) in [6.07, 6.45) is 1.13. The fraction of sp³-hybridized carbons (Fsp3) is 0.0833. The zero-order chi connectivity index (χ0) is 23.8. The second-order valence-corrected chi connectivity index (χ2v) is 9.79. The summed E-state index contributed by atoms with van der Waals surface area (Å²) in [7, 11) is -4.29. The van der Waals surface area contributed by atoms with Crippen molar-refractivity contribution in [2.75, 3.05) is 5.32 Å².